The number of rotatable bonds is 3. The number of halogens is 1. The zero-order valence-corrected chi connectivity index (χ0v) is 21.6. The summed E-state index contributed by atoms with van der Waals surface area (Å²) in [5, 5.41) is 23.4. The molecule has 184 valence electrons. The van der Waals surface area contributed by atoms with E-state index in [1.54, 1.807) is 24.4 Å². The normalized spacial score (nSPS) is 17.3. The Hall–Kier alpha value is -3.98. The van der Waals surface area contributed by atoms with Gasteiger partial charge < -0.3 is 9.84 Å². The summed E-state index contributed by atoms with van der Waals surface area (Å²) in [5.74, 6) is 0.674. The van der Waals surface area contributed by atoms with Gasteiger partial charge >= 0.3 is 0 Å². The van der Waals surface area contributed by atoms with Crippen LogP contribution in [-0.4, -0.2) is 16.3 Å². The third kappa shape index (κ3) is 4.62. The third-order valence-corrected chi connectivity index (χ3v) is 6.76. The third-order valence-electron chi connectivity index (χ3n) is 6.57. The molecular formula is C31H26ClN3O2. The average molecular weight is 508 g/mol. The standard InChI is InChI=1S/C31H26ClN3O2/c1-19(2)16-34-17-20(3)31(36)24-9-10-28-27(12-24)26(14-30(32)35-28)22-6-4-5-21(11-22)18-37-29-13-25(31)8-7-23(29)15-33/h4-14,16-17,19,36H,18H2,1-3H3/b20-17+,34-16?. The molecule has 4 aromatic rings. The number of ether oxygens (including phenoxy) is 1. The van der Waals surface area contributed by atoms with Crippen molar-refractivity contribution in [1.29, 1.82) is 5.26 Å². The highest BCUT2D eigenvalue weighted by molar-refractivity contribution is 6.30. The second-order valence-corrected chi connectivity index (χ2v) is 9.99. The van der Waals surface area contributed by atoms with E-state index >= 15 is 0 Å². The number of hydrogen-bond acceptors (Lipinski definition) is 5. The van der Waals surface area contributed by atoms with Crippen LogP contribution in [0.3, 0.4) is 0 Å². The first kappa shape index (κ1) is 24.7. The highest BCUT2D eigenvalue weighted by Gasteiger charge is 2.35. The van der Waals surface area contributed by atoms with Gasteiger partial charge in [0, 0.05) is 17.8 Å². The van der Waals surface area contributed by atoms with Crippen LogP contribution in [0.15, 0.2) is 83.5 Å². The fourth-order valence-electron chi connectivity index (χ4n) is 4.65. The molecule has 0 saturated carbocycles. The molecule has 1 aliphatic rings. The number of nitriles is 1. The van der Waals surface area contributed by atoms with E-state index in [4.69, 9.17) is 16.3 Å². The minimum absolute atomic E-state index is 0.261. The number of benzene rings is 3. The summed E-state index contributed by atoms with van der Waals surface area (Å²) < 4.78 is 6.14. The van der Waals surface area contributed by atoms with E-state index in [1.807, 2.05) is 75.5 Å². The molecule has 1 unspecified atom stereocenters. The molecule has 0 fully saturated rings. The molecule has 2 heterocycles. The summed E-state index contributed by atoms with van der Waals surface area (Å²) in [4.78, 5) is 8.99. The molecule has 1 aromatic heterocycles. The Bertz CT molecular complexity index is 1620. The molecule has 5 rings (SSSR count). The Morgan fingerprint density at radius 2 is 1.92 bits per heavy atom. The molecule has 0 radical (unpaired) electrons. The zero-order valence-electron chi connectivity index (χ0n) is 20.9. The number of fused-ring (bicyclic) bond motifs is 6. The Morgan fingerprint density at radius 3 is 2.70 bits per heavy atom. The fourth-order valence-corrected chi connectivity index (χ4v) is 4.85. The maximum Gasteiger partial charge on any atom is 0.138 e. The lowest BCUT2D eigenvalue weighted by atomic mass is 9.79. The molecule has 0 amide bonds. The van der Waals surface area contributed by atoms with Gasteiger partial charge in [0.25, 0.3) is 0 Å². The van der Waals surface area contributed by atoms with Gasteiger partial charge in [0.2, 0.25) is 0 Å². The number of aliphatic imine (C=N–C) groups is 1. The Morgan fingerprint density at radius 1 is 1.14 bits per heavy atom. The SMILES string of the molecule is C/C(=C\N=CC(C)C)C1(O)c2ccc(C#N)c(c2)OCc2cccc(c2)-c2cc(Cl)nc3ccc1cc23. The van der Waals surface area contributed by atoms with E-state index in [9.17, 15) is 10.4 Å². The first-order chi connectivity index (χ1) is 17.8. The summed E-state index contributed by atoms with van der Waals surface area (Å²) in [7, 11) is 0. The first-order valence-electron chi connectivity index (χ1n) is 12.1. The van der Waals surface area contributed by atoms with Crippen molar-refractivity contribution in [2.75, 3.05) is 0 Å². The van der Waals surface area contributed by atoms with Crippen LogP contribution in [0.5, 0.6) is 5.75 Å². The number of nitrogens with zero attached hydrogens (tertiary/aromatic N) is 3. The highest BCUT2D eigenvalue weighted by atomic mass is 35.5. The van der Waals surface area contributed by atoms with Gasteiger partial charge in [-0.2, -0.15) is 5.26 Å². The molecule has 6 heteroatoms. The predicted molar refractivity (Wildman–Crippen MR) is 148 cm³/mol. The van der Waals surface area contributed by atoms with Gasteiger partial charge in [0.15, 0.2) is 0 Å². The lowest BCUT2D eigenvalue weighted by Gasteiger charge is -2.31. The maximum absolute atomic E-state index is 12.5. The minimum Gasteiger partial charge on any atom is -0.488 e. The number of aliphatic hydroxyl groups is 1. The van der Waals surface area contributed by atoms with E-state index in [0.29, 0.717) is 33.2 Å². The van der Waals surface area contributed by atoms with Crippen molar-refractivity contribution in [3.63, 3.8) is 0 Å². The van der Waals surface area contributed by atoms with Crippen molar-refractivity contribution < 1.29 is 9.84 Å². The maximum atomic E-state index is 12.5. The van der Waals surface area contributed by atoms with Crippen LogP contribution in [0.4, 0.5) is 0 Å². The molecule has 1 atom stereocenters. The molecule has 0 saturated heterocycles. The molecule has 1 N–H and O–H groups in total. The van der Waals surface area contributed by atoms with Crippen molar-refractivity contribution in [1.82, 2.24) is 4.98 Å². The molecule has 5 nitrogen and oxygen atoms in total. The van der Waals surface area contributed by atoms with E-state index in [-0.39, 0.29) is 12.5 Å². The first-order valence-corrected chi connectivity index (χ1v) is 12.5. The topological polar surface area (TPSA) is 78.5 Å². The quantitative estimate of drug-likeness (QED) is 0.235. The number of aromatic nitrogens is 1. The Kier molecular flexibility index (Phi) is 6.55. The number of pyridine rings is 1. The average Bonchev–Trinajstić information content (AvgIpc) is 2.90. The van der Waals surface area contributed by atoms with E-state index in [2.05, 4.69) is 16.0 Å². The molecular weight excluding hydrogens is 482 g/mol. The zero-order chi connectivity index (χ0) is 26.2. The Balaban J connectivity index is 1.85. The smallest absolute Gasteiger partial charge is 0.138 e. The second-order valence-electron chi connectivity index (χ2n) is 9.60. The molecule has 37 heavy (non-hydrogen) atoms. The second kappa shape index (κ2) is 9.82. The molecule has 6 bridgehead atoms. The van der Waals surface area contributed by atoms with Crippen molar-refractivity contribution in [2.24, 2.45) is 10.9 Å². The van der Waals surface area contributed by atoms with Gasteiger partial charge in [-0.3, -0.25) is 4.99 Å². The van der Waals surface area contributed by atoms with Crippen LogP contribution in [0.1, 0.15) is 43.0 Å². The lowest BCUT2D eigenvalue weighted by molar-refractivity contribution is 0.120. The fraction of sp³-hybridized carbons (Fsp3) is 0.194. The molecule has 1 aliphatic heterocycles. The molecule has 0 aliphatic carbocycles. The van der Waals surface area contributed by atoms with Gasteiger partial charge in [0.05, 0.1) is 11.1 Å². The van der Waals surface area contributed by atoms with E-state index in [0.717, 1.165) is 27.6 Å². The van der Waals surface area contributed by atoms with Crippen molar-refractivity contribution in [3.05, 3.63) is 106 Å². The molecule has 0 spiro atoms. The van der Waals surface area contributed by atoms with Crippen molar-refractivity contribution in [3.8, 4) is 22.9 Å². The van der Waals surface area contributed by atoms with E-state index < -0.39 is 5.60 Å². The van der Waals surface area contributed by atoms with Crippen molar-refractivity contribution >= 4 is 28.7 Å². The van der Waals surface area contributed by atoms with Gasteiger partial charge in [-0.25, -0.2) is 4.98 Å². The van der Waals surface area contributed by atoms with Gasteiger partial charge in [-0.1, -0.05) is 55.8 Å². The Labute approximate surface area is 221 Å². The summed E-state index contributed by atoms with van der Waals surface area (Å²) in [6, 6.07) is 22.9. The van der Waals surface area contributed by atoms with Crippen LogP contribution in [-0.2, 0) is 12.2 Å². The predicted octanol–water partition coefficient (Wildman–Crippen LogP) is 7.19. The largest absolute Gasteiger partial charge is 0.488 e. The van der Waals surface area contributed by atoms with Crippen LogP contribution >= 0.6 is 11.6 Å². The van der Waals surface area contributed by atoms with Crippen LogP contribution in [0, 0.1) is 17.2 Å². The summed E-state index contributed by atoms with van der Waals surface area (Å²) in [6.45, 7) is 6.20. The molecule has 3 aromatic carbocycles. The van der Waals surface area contributed by atoms with Crippen LogP contribution in [0.2, 0.25) is 5.15 Å². The summed E-state index contributed by atoms with van der Waals surface area (Å²) in [5.41, 5.74) is 4.22. The minimum atomic E-state index is -1.54. The van der Waals surface area contributed by atoms with Gasteiger partial charge in [0.1, 0.15) is 29.2 Å². The monoisotopic (exact) mass is 507 g/mol. The van der Waals surface area contributed by atoms with Crippen LogP contribution in [0.25, 0.3) is 22.0 Å². The summed E-state index contributed by atoms with van der Waals surface area (Å²) in [6.07, 6.45) is 3.52. The number of hydrogen-bond donors (Lipinski definition) is 1. The highest BCUT2D eigenvalue weighted by Crippen LogP contribution is 2.42. The van der Waals surface area contributed by atoms with Gasteiger partial charge in [-0.05, 0) is 82.6 Å². The van der Waals surface area contributed by atoms with E-state index in [1.165, 1.54) is 0 Å². The lowest BCUT2D eigenvalue weighted by Crippen LogP contribution is -2.29. The summed E-state index contributed by atoms with van der Waals surface area (Å²) >= 11 is 6.41. The van der Waals surface area contributed by atoms with Crippen LogP contribution < -0.4 is 4.74 Å². The van der Waals surface area contributed by atoms with Crippen molar-refractivity contribution in [2.45, 2.75) is 33.0 Å². The van der Waals surface area contributed by atoms with Gasteiger partial charge in [-0.15, -0.1) is 0 Å².